The van der Waals surface area contributed by atoms with Gasteiger partial charge in [-0.15, -0.1) is 0 Å². The van der Waals surface area contributed by atoms with Crippen molar-refractivity contribution in [3.05, 3.63) is 57.6 Å². The molecule has 126 valence electrons. The van der Waals surface area contributed by atoms with E-state index in [0.717, 1.165) is 16.8 Å². The smallest absolute Gasteiger partial charge is 0.244 e. The quantitative estimate of drug-likeness (QED) is 0.861. The Labute approximate surface area is 151 Å². The second kappa shape index (κ2) is 7.69. The predicted octanol–water partition coefficient (Wildman–Crippen LogP) is 4.60. The summed E-state index contributed by atoms with van der Waals surface area (Å²) in [7, 11) is 0. The number of hydrogen-bond donors (Lipinski definition) is 1. The Morgan fingerprint density at radius 3 is 2.00 bits per heavy atom. The minimum atomic E-state index is -0.321. The lowest BCUT2D eigenvalue weighted by Crippen LogP contribution is -2.37. The number of halogens is 2. The molecular formula is C18H18Cl2N2O2. The average molecular weight is 365 g/mol. The van der Waals surface area contributed by atoms with Crippen molar-refractivity contribution in [1.29, 1.82) is 0 Å². The summed E-state index contributed by atoms with van der Waals surface area (Å²) in [4.78, 5) is 25.7. The van der Waals surface area contributed by atoms with Gasteiger partial charge in [0.1, 0.15) is 6.54 Å². The molecule has 0 aliphatic heterocycles. The second-order valence-electron chi connectivity index (χ2n) is 5.49. The number of aryl methyl sites for hydroxylation is 2. The maximum absolute atomic E-state index is 12.4. The van der Waals surface area contributed by atoms with Crippen LogP contribution in [0.3, 0.4) is 0 Å². The fourth-order valence-corrected chi connectivity index (χ4v) is 3.03. The van der Waals surface area contributed by atoms with Crippen molar-refractivity contribution >= 4 is 46.4 Å². The van der Waals surface area contributed by atoms with Crippen LogP contribution in [-0.2, 0) is 9.59 Å². The number of hydrogen-bond acceptors (Lipinski definition) is 2. The summed E-state index contributed by atoms with van der Waals surface area (Å²) in [6.45, 7) is 5.02. The fourth-order valence-electron chi connectivity index (χ4n) is 2.43. The number of carbonyl (C=O) groups is 2. The molecule has 2 aromatic rings. The van der Waals surface area contributed by atoms with Crippen LogP contribution >= 0.6 is 23.2 Å². The molecule has 6 heteroatoms. The van der Waals surface area contributed by atoms with E-state index in [9.17, 15) is 9.59 Å². The van der Waals surface area contributed by atoms with E-state index in [2.05, 4.69) is 5.32 Å². The molecule has 0 aliphatic carbocycles. The van der Waals surface area contributed by atoms with Crippen molar-refractivity contribution in [2.24, 2.45) is 0 Å². The number of benzene rings is 2. The summed E-state index contributed by atoms with van der Waals surface area (Å²) in [5, 5.41) is 3.49. The van der Waals surface area contributed by atoms with Gasteiger partial charge in [-0.2, -0.15) is 0 Å². The van der Waals surface area contributed by atoms with Gasteiger partial charge in [0.25, 0.3) is 0 Å². The van der Waals surface area contributed by atoms with E-state index in [1.807, 2.05) is 32.0 Å². The zero-order chi connectivity index (χ0) is 17.9. The Kier molecular flexibility index (Phi) is 5.86. The van der Waals surface area contributed by atoms with Crippen molar-refractivity contribution in [3.8, 4) is 0 Å². The summed E-state index contributed by atoms with van der Waals surface area (Å²) < 4.78 is 0. The maximum atomic E-state index is 12.4. The normalized spacial score (nSPS) is 10.4. The summed E-state index contributed by atoms with van der Waals surface area (Å²) in [6, 6.07) is 10.7. The molecule has 0 aliphatic rings. The molecular weight excluding hydrogens is 347 g/mol. The van der Waals surface area contributed by atoms with Crippen LogP contribution in [-0.4, -0.2) is 18.4 Å². The van der Waals surface area contributed by atoms with Crippen LogP contribution < -0.4 is 10.2 Å². The third kappa shape index (κ3) is 4.08. The Balaban J connectivity index is 2.26. The van der Waals surface area contributed by atoms with Gasteiger partial charge in [0.2, 0.25) is 11.8 Å². The van der Waals surface area contributed by atoms with Crippen molar-refractivity contribution in [1.82, 2.24) is 0 Å². The van der Waals surface area contributed by atoms with E-state index in [1.54, 1.807) is 18.2 Å². The Hall–Kier alpha value is -2.04. The molecule has 0 bridgehead atoms. The molecule has 2 aromatic carbocycles. The molecule has 0 radical (unpaired) electrons. The third-order valence-electron chi connectivity index (χ3n) is 3.63. The number of carbonyl (C=O) groups excluding carboxylic acids is 2. The lowest BCUT2D eigenvalue weighted by molar-refractivity contribution is -0.120. The maximum Gasteiger partial charge on any atom is 0.244 e. The highest BCUT2D eigenvalue weighted by Gasteiger charge is 2.21. The molecule has 0 saturated heterocycles. The average Bonchev–Trinajstić information content (AvgIpc) is 2.49. The number of anilines is 2. The minimum absolute atomic E-state index is 0.174. The van der Waals surface area contributed by atoms with Crippen molar-refractivity contribution in [3.63, 3.8) is 0 Å². The van der Waals surface area contributed by atoms with Crippen LogP contribution in [0.1, 0.15) is 18.1 Å². The molecule has 24 heavy (non-hydrogen) atoms. The van der Waals surface area contributed by atoms with Gasteiger partial charge in [0.05, 0.1) is 15.7 Å². The third-order valence-corrected chi connectivity index (χ3v) is 4.24. The first-order chi connectivity index (χ1) is 11.3. The number of nitrogens with zero attached hydrogens (tertiary/aromatic N) is 1. The minimum Gasteiger partial charge on any atom is -0.324 e. The predicted molar refractivity (Wildman–Crippen MR) is 99.0 cm³/mol. The standard InChI is InChI=1S/C18H18Cl2N2O2/c1-11-6-4-7-12(2)17(11)21-16(24)10-22(13(3)23)18-14(19)8-5-9-15(18)20/h4-9H,10H2,1-3H3,(H,21,24). The Morgan fingerprint density at radius 1 is 1.00 bits per heavy atom. The largest absolute Gasteiger partial charge is 0.324 e. The van der Waals surface area contributed by atoms with Crippen LogP contribution in [0.2, 0.25) is 10.0 Å². The van der Waals surface area contributed by atoms with E-state index in [4.69, 9.17) is 23.2 Å². The van der Waals surface area contributed by atoms with Gasteiger partial charge in [0, 0.05) is 12.6 Å². The highest BCUT2D eigenvalue weighted by Crippen LogP contribution is 2.33. The number of rotatable bonds is 4. The van der Waals surface area contributed by atoms with E-state index in [1.165, 1.54) is 11.8 Å². The second-order valence-corrected chi connectivity index (χ2v) is 6.30. The zero-order valence-corrected chi connectivity index (χ0v) is 15.2. The first-order valence-corrected chi connectivity index (χ1v) is 8.15. The topological polar surface area (TPSA) is 49.4 Å². The van der Waals surface area contributed by atoms with E-state index >= 15 is 0 Å². The molecule has 0 heterocycles. The molecule has 0 spiro atoms. The van der Waals surface area contributed by atoms with Crippen LogP contribution in [0.4, 0.5) is 11.4 Å². The van der Waals surface area contributed by atoms with E-state index in [-0.39, 0.29) is 18.4 Å². The number of para-hydroxylation sites is 2. The molecule has 4 nitrogen and oxygen atoms in total. The van der Waals surface area contributed by atoms with Crippen LogP contribution in [0, 0.1) is 13.8 Å². The van der Waals surface area contributed by atoms with Crippen LogP contribution in [0.15, 0.2) is 36.4 Å². The number of amides is 2. The summed E-state index contributed by atoms with van der Waals surface area (Å²) in [6.07, 6.45) is 0. The lowest BCUT2D eigenvalue weighted by atomic mass is 10.1. The first-order valence-electron chi connectivity index (χ1n) is 7.39. The van der Waals surface area contributed by atoms with Crippen molar-refractivity contribution in [2.75, 3.05) is 16.8 Å². The monoisotopic (exact) mass is 364 g/mol. The fraction of sp³-hybridized carbons (Fsp3) is 0.222. The summed E-state index contributed by atoms with van der Waals surface area (Å²) >= 11 is 12.3. The van der Waals surface area contributed by atoms with Gasteiger partial charge in [-0.1, -0.05) is 47.5 Å². The van der Waals surface area contributed by atoms with Gasteiger partial charge >= 0.3 is 0 Å². The molecule has 0 fully saturated rings. The summed E-state index contributed by atoms with van der Waals surface area (Å²) in [5.74, 6) is -0.639. The number of nitrogens with one attached hydrogen (secondary N) is 1. The van der Waals surface area contributed by atoms with Gasteiger partial charge in [-0.05, 0) is 37.1 Å². The SMILES string of the molecule is CC(=O)N(CC(=O)Nc1c(C)cccc1C)c1c(Cl)cccc1Cl. The van der Waals surface area contributed by atoms with E-state index < -0.39 is 0 Å². The van der Waals surface area contributed by atoms with Crippen LogP contribution in [0.25, 0.3) is 0 Å². The van der Waals surface area contributed by atoms with Crippen LogP contribution in [0.5, 0.6) is 0 Å². The van der Waals surface area contributed by atoms with Crippen molar-refractivity contribution in [2.45, 2.75) is 20.8 Å². The highest BCUT2D eigenvalue weighted by molar-refractivity contribution is 6.40. The van der Waals surface area contributed by atoms with Gasteiger partial charge < -0.3 is 10.2 Å². The van der Waals surface area contributed by atoms with Gasteiger partial charge in [0.15, 0.2) is 0 Å². The van der Waals surface area contributed by atoms with E-state index in [0.29, 0.717) is 15.7 Å². The molecule has 2 amide bonds. The zero-order valence-electron chi connectivity index (χ0n) is 13.7. The highest BCUT2D eigenvalue weighted by atomic mass is 35.5. The molecule has 2 rings (SSSR count). The van der Waals surface area contributed by atoms with Gasteiger partial charge in [-0.3, -0.25) is 9.59 Å². The molecule has 0 aromatic heterocycles. The summed E-state index contributed by atoms with van der Waals surface area (Å²) in [5.41, 5.74) is 2.99. The Morgan fingerprint density at radius 2 is 1.50 bits per heavy atom. The molecule has 1 N–H and O–H groups in total. The molecule has 0 atom stereocenters. The Bertz CT molecular complexity index is 750. The molecule has 0 saturated carbocycles. The van der Waals surface area contributed by atoms with Gasteiger partial charge in [-0.25, -0.2) is 0 Å². The lowest BCUT2D eigenvalue weighted by Gasteiger charge is -2.23. The van der Waals surface area contributed by atoms with Crippen molar-refractivity contribution < 1.29 is 9.59 Å². The molecule has 0 unspecified atom stereocenters. The first kappa shape index (κ1) is 18.3.